The molecule has 0 aliphatic rings. The second kappa shape index (κ2) is 38.5. The fourth-order valence-corrected chi connectivity index (χ4v) is 5.87. The van der Waals surface area contributed by atoms with Crippen molar-refractivity contribution in [2.45, 2.75) is 148 Å². The topological polar surface area (TPSA) is 94.1 Å². The molecule has 9 heteroatoms. The number of carbonyl (C=O) groups is 1. The van der Waals surface area contributed by atoms with Crippen molar-refractivity contribution in [2.24, 2.45) is 0 Å². The molecule has 2 unspecified atom stereocenters. The number of hydrogen-bond donors (Lipinski definition) is 0. The Morgan fingerprint density at radius 2 is 1.05 bits per heavy atom. The first-order valence-corrected chi connectivity index (χ1v) is 22.8. The Hall–Kier alpha value is -2.32. The fraction of sp³-hybridized carbons (Fsp3) is 0.674. The van der Waals surface area contributed by atoms with Crippen LogP contribution in [0.5, 0.6) is 0 Å². The lowest BCUT2D eigenvalue weighted by molar-refractivity contribution is -0.870. The molecular formula is C46H80NO7P. The van der Waals surface area contributed by atoms with Crippen LogP contribution >= 0.6 is 7.82 Å². The van der Waals surface area contributed by atoms with Gasteiger partial charge in [-0.3, -0.25) is 9.36 Å². The van der Waals surface area contributed by atoms with Crippen LogP contribution in [-0.2, 0) is 27.9 Å². The molecule has 0 aliphatic carbocycles. The summed E-state index contributed by atoms with van der Waals surface area (Å²) in [6, 6.07) is 0. The highest BCUT2D eigenvalue weighted by Crippen LogP contribution is 2.38. The molecule has 0 rings (SSSR count). The van der Waals surface area contributed by atoms with Gasteiger partial charge in [0.25, 0.3) is 7.82 Å². The summed E-state index contributed by atoms with van der Waals surface area (Å²) in [4.78, 5) is 25.0. The Kier molecular flexibility index (Phi) is 36.9. The Labute approximate surface area is 337 Å². The van der Waals surface area contributed by atoms with E-state index in [1.54, 1.807) is 0 Å². The van der Waals surface area contributed by atoms with Crippen LogP contribution < -0.4 is 4.89 Å². The summed E-state index contributed by atoms with van der Waals surface area (Å²) in [5.41, 5.74) is 0. The second-order valence-corrected chi connectivity index (χ2v) is 16.4. The van der Waals surface area contributed by atoms with Crippen LogP contribution in [0, 0.1) is 0 Å². The third kappa shape index (κ3) is 42.7. The normalized spacial score (nSPS) is 14.7. The third-order valence-electron chi connectivity index (χ3n) is 8.41. The van der Waals surface area contributed by atoms with Gasteiger partial charge in [-0.1, -0.05) is 137 Å². The van der Waals surface area contributed by atoms with Crippen molar-refractivity contribution < 1.29 is 37.3 Å². The van der Waals surface area contributed by atoms with Gasteiger partial charge >= 0.3 is 5.97 Å². The first kappa shape index (κ1) is 52.7. The van der Waals surface area contributed by atoms with E-state index in [2.05, 4.69) is 98.9 Å². The monoisotopic (exact) mass is 790 g/mol. The molecule has 0 aromatic carbocycles. The molecule has 8 nitrogen and oxygen atoms in total. The number of likely N-dealkylation sites (N-methyl/N-ethyl adjacent to an activating group) is 1. The minimum absolute atomic E-state index is 0.0129. The van der Waals surface area contributed by atoms with E-state index in [0.29, 0.717) is 17.6 Å². The van der Waals surface area contributed by atoms with Gasteiger partial charge in [-0.25, -0.2) is 0 Å². The van der Waals surface area contributed by atoms with Crippen molar-refractivity contribution >= 4 is 13.8 Å². The molecule has 0 aliphatic heterocycles. The number of phosphoric acid groups is 1. The zero-order valence-corrected chi connectivity index (χ0v) is 36.5. The van der Waals surface area contributed by atoms with Crippen LogP contribution in [0.25, 0.3) is 0 Å². The van der Waals surface area contributed by atoms with Gasteiger partial charge < -0.3 is 27.9 Å². The Balaban J connectivity index is 4.33. The van der Waals surface area contributed by atoms with Crippen molar-refractivity contribution in [2.75, 3.05) is 54.1 Å². The lowest BCUT2D eigenvalue weighted by Gasteiger charge is -2.28. The molecule has 0 radical (unpaired) electrons. The number of ether oxygens (including phenoxy) is 2. The Morgan fingerprint density at radius 3 is 1.58 bits per heavy atom. The summed E-state index contributed by atoms with van der Waals surface area (Å²) in [5, 5.41) is 0. The van der Waals surface area contributed by atoms with E-state index in [1.807, 2.05) is 21.1 Å². The molecule has 55 heavy (non-hydrogen) atoms. The average molecular weight is 790 g/mol. The Bertz CT molecular complexity index is 1150. The largest absolute Gasteiger partial charge is 0.756 e. The zero-order valence-electron chi connectivity index (χ0n) is 35.6. The molecule has 0 saturated carbocycles. The fourth-order valence-electron chi connectivity index (χ4n) is 5.14. The van der Waals surface area contributed by atoms with Crippen LogP contribution in [0.15, 0.2) is 85.1 Å². The number of unbranched alkanes of at least 4 members (excludes halogenated alkanes) is 10. The highest BCUT2D eigenvalue weighted by atomic mass is 31.2. The lowest BCUT2D eigenvalue weighted by Crippen LogP contribution is -2.37. The van der Waals surface area contributed by atoms with Gasteiger partial charge in [0.05, 0.1) is 34.4 Å². The highest BCUT2D eigenvalue weighted by molar-refractivity contribution is 7.45. The first-order valence-electron chi connectivity index (χ1n) is 21.3. The number of rotatable bonds is 38. The van der Waals surface area contributed by atoms with E-state index in [4.69, 9.17) is 18.5 Å². The van der Waals surface area contributed by atoms with E-state index >= 15 is 0 Å². The number of phosphoric ester groups is 1. The molecule has 0 spiro atoms. The lowest BCUT2D eigenvalue weighted by atomic mass is 10.1. The van der Waals surface area contributed by atoms with E-state index in [9.17, 15) is 14.3 Å². The van der Waals surface area contributed by atoms with Crippen LogP contribution in [0.3, 0.4) is 0 Å². The van der Waals surface area contributed by atoms with Gasteiger partial charge in [0.15, 0.2) is 0 Å². The maximum Gasteiger partial charge on any atom is 0.306 e. The van der Waals surface area contributed by atoms with Gasteiger partial charge in [-0.05, 0) is 83.5 Å². The number of esters is 1. The molecule has 316 valence electrons. The van der Waals surface area contributed by atoms with E-state index in [0.717, 1.165) is 116 Å². The van der Waals surface area contributed by atoms with Crippen molar-refractivity contribution in [3.05, 3.63) is 85.1 Å². The van der Waals surface area contributed by atoms with E-state index in [1.165, 1.54) is 6.42 Å². The van der Waals surface area contributed by atoms with Gasteiger partial charge in [0, 0.05) is 13.0 Å². The van der Waals surface area contributed by atoms with Gasteiger partial charge in [0.1, 0.15) is 19.3 Å². The van der Waals surface area contributed by atoms with Crippen LogP contribution in [0.2, 0.25) is 0 Å². The van der Waals surface area contributed by atoms with Gasteiger partial charge in [0.2, 0.25) is 0 Å². The first-order chi connectivity index (χ1) is 26.6. The standard InChI is InChI=1S/C46H80NO7P/c1-6-8-10-12-14-16-18-20-21-22-23-24-25-26-28-30-32-34-36-38-41-51-43-45(44-53-55(49,50)52-42-40-47(3,4)5)54-46(48)39-37-35-33-31-29-27-19-17-15-13-11-9-7-2/h8,10-11,13-14,16-17,19-21,23-24,26,28,45H,6-7,9,12,15,18,22,25,27,29-44H2,1-5H3/b10-8-,13-11-,16-14-,19-17-,21-20-,24-23-,28-26-. The third-order valence-corrected chi connectivity index (χ3v) is 9.38. The molecule has 2 atom stereocenters. The van der Waals surface area contributed by atoms with Gasteiger partial charge in [-0.15, -0.1) is 0 Å². The highest BCUT2D eigenvalue weighted by Gasteiger charge is 2.20. The zero-order chi connectivity index (χ0) is 40.6. The summed E-state index contributed by atoms with van der Waals surface area (Å²) in [6.45, 7) is 5.12. The SMILES string of the molecule is CC/C=C\C/C=C\C/C=C\C/C=C\C/C=C\CCCCCCOCC(COP(=O)([O-])OCC[N+](C)(C)C)OC(=O)CCCCCCC/C=C\C/C=C\CCC. The van der Waals surface area contributed by atoms with Crippen LogP contribution in [0.1, 0.15) is 142 Å². The minimum Gasteiger partial charge on any atom is -0.756 e. The number of quaternary nitrogens is 1. The molecule has 0 bridgehead atoms. The summed E-state index contributed by atoms with van der Waals surface area (Å²) < 4.78 is 34.5. The maximum absolute atomic E-state index is 12.6. The predicted octanol–water partition coefficient (Wildman–Crippen LogP) is 11.9. The minimum atomic E-state index is -4.54. The summed E-state index contributed by atoms with van der Waals surface area (Å²) in [7, 11) is 1.31. The summed E-state index contributed by atoms with van der Waals surface area (Å²) >= 11 is 0. The quantitative estimate of drug-likeness (QED) is 0.0202. The number of allylic oxidation sites excluding steroid dienone is 14. The predicted molar refractivity (Wildman–Crippen MR) is 231 cm³/mol. The molecule has 0 saturated heterocycles. The van der Waals surface area contributed by atoms with E-state index < -0.39 is 13.9 Å². The summed E-state index contributed by atoms with van der Waals surface area (Å²) in [5.74, 6) is -0.363. The summed E-state index contributed by atoms with van der Waals surface area (Å²) in [6.07, 6.45) is 50.2. The van der Waals surface area contributed by atoms with Crippen LogP contribution in [0.4, 0.5) is 0 Å². The molecule has 0 N–H and O–H groups in total. The second-order valence-electron chi connectivity index (χ2n) is 15.0. The van der Waals surface area contributed by atoms with E-state index in [-0.39, 0.29) is 32.2 Å². The molecule has 0 amide bonds. The van der Waals surface area contributed by atoms with Crippen molar-refractivity contribution in [3.63, 3.8) is 0 Å². The molecule has 0 aromatic rings. The molecular weight excluding hydrogens is 709 g/mol. The molecule has 0 aromatic heterocycles. The average Bonchev–Trinajstić information content (AvgIpc) is 3.13. The maximum atomic E-state index is 12.6. The number of carbonyl (C=O) groups excluding carboxylic acids is 1. The van der Waals surface area contributed by atoms with Gasteiger partial charge in [-0.2, -0.15) is 0 Å². The molecule has 0 heterocycles. The number of hydrogen-bond acceptors (Lipinski definition) is 7. The van der Waals surface area contributed by atoms with Crippen molar-refractivity contribution in [1.82, 2.24) is 0 Å². The molecule has 0 fully saturated rings. The number of nitrogens with zero attached hydrogens (tertiary/aromatic N) is 1. The van der Waals surface area contributed by atoms with Crippen LogP contribution in [-0.4, -0.2) is 70.7 Å². The Morgan fingerprint density at radius 1 is 0.582 bits per heavy atom. The van der Waals surface area contributed by atoms with Crippen molar-refractivity contribution in [3.8, 4) is 0 Å². The smallest absolute Gasteiger partial charge is 0.306 e. The van der Waals surface area contributed by atoms with Crippen molar-refractivity contribution in [1.29, 1.82) is 0 Å².